The number of hydrogen-bond acceptors (Lipinski definition) is 5. The Balaban J connectivity index is 1.60. The molecule has 0 aromatic heterocycles. The lowest BCUT2D eigenvalue weighted by atomic mass is 10.1. The van der Waals surface area contributed by atoms with Gasteiger partial charge in [0, 0.05) is 25.1 Å². The van der Waals surface area contributed by atoms with Crippen molar-refractivity contribution >= 4 is 33.4 Å². The van der Waals surface area contributed by atoms with E-state index in [0.717, 1.165) is 25.7 Å². The number of carbonyl (C=O) groups excluding carboxylic acids is 2. The quantitative estimate of drug-likeness (QED) is 0.305. The summed E-state index contributed by atoms with van der Waals surface area (Å²) in [5, 5.41) is 0.0516. The van der Waals surface area contributed by atoms with Crippen molar-refractivity contribution in [1.82, 2.24) is 4.31 Å². The zero-order valence-corrected chi connectivity index (χ0v) is 19.1. The van der Waals surface area contributed by atoms with Gasteiger partial charge in [-0.2, -0.15) is 4.31 Å². The zero-order valence-electron chi connectivity index (χ0n) is 17.6. The van der Waals surface area contributed by atoms with E-state index in [-0.39, 0.29) is 40.7 Å². The Bertz CT molecular complexity index is 1060. The minimum Gasteiger partial charge on any atom is -0.462 e. The molecule has 9 heteroatoms. The minimum atomic E-state index is -3.82. The molecule has 0 N–H and O–H groups in total. The summed E-state index contributed by atoms with van der Waals surface area (Å²) in [4.78, 5) is 24.4. The van der Waals surface area contributed by atoms with E-state index in [2.05, 4.69) is 0 Å². The van der Waals surface area contributed by atoms with E-state index in [1.807, 2.05) is 0 Å². The second-order valence-corrected chi connectivity index (χ2v) is 9.95. The van der Waals surface area contributed by atoms with Crippen LogP contribution in [-0.2, 0) is 14.8 Å². The molecule has 1 aliphatic rings. The average molecular weight is 482 g/mol. The molecule has 1 saturated heterocycles. The van der Waals surface area contributed by atoms with E-state index >= 15 is 0 Å². The van der Waals surface area contributed by atoms with Crippen LogP contribution in [0.2, 0.25) is 5.02 Å². The summed E-state index contributed by atoms with van der Waals surface area (Å²) in [6.07, 6.45) is 3.96. The Morgan fingerprint density at radius 3 is 2.25 bits per heavy atom. The highest BCUT2D eigenvalue weighted by Gasteiger charge is 2.28. The van der Waals surface area contributed by atoms with Gasteiger partial charge in [0.15, 0.2) is 5.78 Å². The third-order valence-electron chi connectivity index (χ3n) is 5.30. The molecule has 0 saturated carbocycles. The zero-order chi connectivity index (χ0) is 23.1. The number of nitrogens with zero attached hydrogens (tertiary/aromatic N) is 1. The Morgan fingerprint density at radius 1 is 0.969 bits per heavy atom. The van der Waals surface area contributed by atoms with Crippen LogP contribution >= 0.6 is 11.6 Å². The number of carbonyl (C=O) groups is 2. The van der Waals surface area contributed by atoms with Gasteiger partial charge in [0.05, 0.1) is 17.2 Å². The molecule has 0 atom stereocenters. The van der Waals surface area contributed by atoms with Crippen LogP contribution in [-0.4, -0.2) is 44.2 Å². The monoisotopic (exact) mass is 481 g/mol. The van der Waals surface area contributed by atoms with Crippen LogP contribution in [0.15, 0.2) is 47.4 Å². The molecule has 32 heavy (non-hydrogen) atoms. The first kappa shape index (κ1) is 24.4. The van der Waals surface area contributed by atoms with Crippen LogP contribution in [0.3, 0.4) is 0 Å². The highest BCUT2D eigenvalue weighted by atomic mass is 35.5. The fraction of sp³-hybridized carbons (Fsp3) is 0.391. The Hall–Kier alpha value is -2.29. The van der Waals surface area contributed by atoms with E-state index in [4.69, 9.17) is 16.3 Å². The number of benzene rings is 2. The van der Waals surface area contributed by atoms with Gasteiger partial charge >= 0.3 is 5.97 Å². The highest BCUT2D eigenvalue weighted by Crippen LogP contribution is 2.28. The number of rotatable bonds is 8. The van der Waals surface area contributed by atoms with Crippen molar-refractivity contribution in [3.05, 3.63) is 64.4 Å². The summed E-state index contributed by atoms with van der Waals surface area (Å²) in [6.45, 7) is 0.841. The number of sulfonamides is 1. The van der Waals surface area contributed by atoms with Crippen molar-refractivity contribution in [2.45, 2.75) is 43.4 Å². The lowest BCUT2D eigenvalue weighted by molar-refractivity contribution is 0.0494. The van der Waals surface area contributed by atoms with Gasteiger partial charge in [0.1, 0.15) is 10.7 Å². The topological polar surface area (TPSA) is 80.8 Å². The SMILES string of the molecule is O=C(CCCOC(=O)c1ccc(Cl)c(S(=O)(=O)N2CCCCCC2)c1)c1ccc(F)cc1. The molecule has 172 valence electrons. The van der Waals surface area contributed by atoms with E-state index < -0.39 is 21.8 Å². The molecule has 0 radical (unpaired) electrons. The first-order valence-corrected chi connectivity index (χ1v) is 12.4. The average Bonchev–Trinajstić information content (AvgIpc) is 3.07. The summed E-state index contributed by atoms with van der Waals surface area (Å²) in [7, 11) is -3.82. The summed E-state index contributed by atoms with van der Waals surface area (Å²) < 4.78 is 45.7. The van der Waals surface area contributed by atoms with Gasteiger partial charge in [-0.15, -0.1) is 0 Å². The largest absolute Gasteiger partial charge is 0.462 e. The van der Waals surface area contributed by atoms with Gasteiger partial charge in [-0.25, -0.2) is 17.6 Å². The molecular weight excluding hydrogens is 457 g/mol. The lowest BCUT2D eigenvalue weighted by Crippen LogP contribution is -2.32. The Kier molecular flexibility index (Phi) is 8.39. The molecule has 1 heterocycles. The molecule has 0 unspecified atom stereocenters. The number of ketones is 1. The predicted octanol–water partition coefficient (Wildman–Crippen LogP) is 4.86. The summed E-state index contributed by atoms with van der Waals surface area (Å²) in [6, 6.07) is 9.27. The first-order valence-electron chi connectivity index (χ1n) is 10.5. The molecule has 6 nitrogen and oxygen atoms in total. The van der Waals surface area contributed by atoms with Gasteiger partial charge in [-0.3, -0.25) is 4.79 Å². The molecule has 2 aromatic carbocycles. The smallest absolute Gasteiger partial charge is 0.338 e. The number of halogens is 2. The van der Waals surface area contributed by atoms with E-state index in [9.17, 15) is 22.4 Å². The summed E-state index contributed by atoms with van der Waals surface area (Å²) in [5.74, 6) is -1.29. The van der Waals surface area contributed by atoms with Crippen molar-refractivity contribution in [3.63, 3.8) is 0 Å². The maximum absolute atomic E-state index is 13.1. The third-order valence-corrected chi connectivity index (χ3v) is 7.68. The molecule has 0 aliphatic carbocycles. The Labute approximate surface area is 192 Å². The highest BCUT2D eigenvalue weighted by molar-refractivity contribution is 7.89. The van der Waals surface area contributed by atoms with Gasteiger partial charge in [-0.05, 0) is 61.7 Å². The van der Waals surface area contributed by atoms with Gasteiger partial charge in [0.2, 0.25) is 10.0 Å². The lowest BCUT2D eigenvalue weighted by Gasteiger charge is -2.21. The van der Waals surface area contributed by atoms with Crippen LogP contribution in [0.5, 0.6) is 0 Å². The van der Waals surface area contributed by atoms with Crippen molar-refractivity contribution in [2.24, 2.45) is 0 Å². The number of hydrogen-bond donors (Lipinski definition) is 0. The predicted molar refractivity (Wildman–Crippen MR) is 119 cm³/mol. The van der Waals surface area contributed by atoms with Crippen molar-refractivity contribution in [1.29, 1.82) is 0 Å². The maximum atomic E-state index is 13.1. The van der Waals surface area contributed by atoms with Crippen LogP contribution < -0.4 is 0 Å². The molecule has 1 fully saturated rings. The normalized spacial score (nSPS) is 15.2. The molecule has 0 amide bonds. The Morgan fingerprint density at radius 2 is 1.59 bits per heavy atom. The van der Waals surface area contributed by atoms with Crippen molar-refractivity contribution in [2.75, 3.05) is 19.7 Å². The summed E-state index contributed by atoms with van der Waals surface area (Å²) >= 11 is 6.16. The number of ether oxygens (including phenoxy) is 1. The molecule has 0 bridgehead atoms. The second-order valence-electron chi connectivity index (χ2n) is 7.63. The molecule has 1 aliphatic heterocycles. The van der Waals surface area contributed by atoms with Crippen LogP contribution in [0.1, 0.15) is 59.2 Å². The van der Waals surface area contributed by atoms with Crippen LogP contribution in [0.4, 0.5) is 4.39 Å². The van der Waals surface area contributed by atoms with Gasteiger partial charge < -0.3 is 4.74 Å². The molecule has 3 rings (SSSR count). The summed E-state index contributed by atoms with van der Waals surface area (Å²) in [5.41, 5.74) is 0.464. The fourth-order valence-corrected chi connectivity index (χ4v) is 5.53. The molecule has 0 spiro atoms. The number of esters is 1. The van der Waals surface area contributed by atoms with E-state index in [1.165, 1.54) is 46.8 Å². The third kappa shape index (κ3) is 6.15. The number of Topliss-reactive ketones (excluding diaryl/α,β-unsaturated/α-hetero) is 1. The fourth-order valence-electron chi connectivity index (χ4n) is 3.51. The van der Waals surface area contributed by atoms with E-state index in [0.29, 0.717) is 18.7 Å². The van der Waals surface area contributed by atoms with Crippen LogP contribution in [0, 0.1) is 5.82 Å². The maximum Gasteiger partial charge on any atom is 0.338 e. The van der Waals surface area contributed by atoms with Crippen LogP contribution in [0.25, 0.3) is 0 Å². The first-order chi connectivity index (χ1) is 15.3. The van der Waals surface area contributed by atoms with Gasteiger partial charge in [-0.1, -0.05) is 24.4 Å². The minimum absolute atomic E-state index is 0.0113. The van der Waals surface area contributed by atoms with Crippen molar-refractivity contribution < 1.29 is 27.1 Å². The molecular formula is C23H25ClFNO5S. The van der Waals surface area contributed by atoms with E-state index in [1.54, 1.807) is 0 Å². The van der Waals surface area contributed by atoms with Crippen molar-refractivity contribution in [3.8, 4) is 0 Å². The second kappa shape index (κ2) is 11.0. The standard InChI is InChI=1S/C23H25ClFNO5S/c24-20-12-9-18(16-22(20)32(29,30)26-13-3-1-2-4-14-26)23(28)31-15-5-6-21(27)17-7-10-19(25)11-8-17/h7-12,16H,1-6,13-15H2. The van der Waals surface area contributed by atoms with Gasteiger partial charge in [0.25, 0.3) is 0 Å². The molecule has 2 aromatic rings.